The van der Waals surface area contributed by atoms with Crippen LogP contribution in [-0.4, -0.2) is 33.9 Å². The summed E-state index contributed by atoms with van der Waals surface area (Å²) in [5.41, 5.74) is 4.01. The number of hydrogen-bond acceptors (Lipinski definition) is 3. The summed E-state index contributed by atoms with van der Waals surface area (Å²) in [6.45, 7) is 1.22. The van der Waals surface area contributed by atoms with Crippen molar-refractivity contribution < 1.29 is 9.18 Å². The minimum absolute atomic E-state index is 0.0134. The van der Waals surface area contributed by atoms with E-state index in [4.69, 9.17) is 0 Å². The highest BCUT2D eigenvalue weighted by molar-refractivity contribution is 7.19. The quantitative estimate of drug-likeness (QED) is 0.475. The third-order valence-electron chi connectivity index (χ3n) is 5.19. The molecule has 0 aliphatic carbocycles. The van der Waals surface area contributed by atoms with E-state index in [1.54, 1.807) is 29.6 Å². The van der Waals surface area contributed by atoms with E-state index in [-0.39, 0.29) is 11.7 Å². The van der Waals surface area contributed by atoms with E-state index in [1.807, 2.05) is 35.4 Å². The summed E-state index contributed by atoms with van der Waals surface area (Å²) in [7, 11) is 0. The molecule has 29 heavy (non-hydrogen) atoms. The number of H-pyrrole nitrogens is 1. The van der Waals surface area contributed by atoms with Crippen LogP contribution in [0.5, 0.6) is 0 Å². The van der Waals surface area contributed by atoms with Crippen LogP contribution >= 0.6 is 11.3 Å². The molecule has 0 spiro atoms. The molecule has 1 N–H and O–H groups in total. The summed E-state index contributed by atoms with van der Waals surface area (Å²) >= 11 is 1.58. The Morgan fingerprint density at radius 3 is 2.97 bits per heavy atom. The Morgan fingerprint density at radius 1 is 1.24 bits per heavy atom. The maximum Gasteiger partial charge on any atom is 0.246 e. The Bertz CT molecular complexity index is 1250. The molecule has 0 saturated heterocycles. The average Bonchev–Trinajstić information content (AvgIpc) is 3.35. The standard InChI is InChI=1S/C23H18FN3OS/c24-16-5-6-17-18(14-25-20(17)13-16)15-9-11-27(12-10-15)23(28)8-7-22-26-19-3-1-2-4-21(19)29-22/h1-9,13-14,25H,10-12H2/b8-7+. The van der Waals surface area contributed by atoms with Crippen molar-refractivity contribution in [2.45, 2.75) is 6.42 Å². The fourth-order valence-electron chi connectivity index (χ4n) is 3.69. The van der Waals surface area contributed by atoms with E-state index in [1.165, 1.54) is 17.7 Å². The molecule has 3 heterocycles. The van der Waals surface area contributed by atoms with Crippen molar-refractivity contribution in [2.75, 3.05) is 13.1 Å². The molecule has 0 unspecified atom stereocenters. The highest BCUT2D eigenvalue weighted by Crippen LogP contribution is 2.30. The van der Waals surface area contributed by atoms with Gasteiger partial charge in [0.1, 0.15) is 10.8 Å². The van der Waals surface area contributed by atoms with Crippen LogP contribution < -0.4 is 0 Å². The number of carbonyl (C=O) groups is 1. The smallest absolute Gasteiger partial charge is 0.246 e. The summed E-state index contributed by atoms with van der Waals surface area (Å²) in [6.07, 6.45) is 8.16. The Labute approximate surface area is 171 Å². The third-order valence-corrected chi connectivity index (χ3v) is 6.19. The maximum absolute atomic E-state index is 13.4. The van der Waals surface area contributed by atoms with Crippen LogP contribution in [0.4, 0.5) is 4.39 Å². The lowest BCUT2D eigenvalue weighted by Gasteiger charge is -2.25. The second kappa shape index (κ2) is 7.29. The van der Waals surface area contributed by atoms with Crippen molar-refractivity contribution in [3.05, 3.63) is 77.2 Å². The molecule has 0 bridgehead atoms. The van der Waals surface area contributed by atoms with Crippen molar-refractivity contribution in [1.82, 2.24) is 14.9 Å². The molecule has 0 atom stereocenters. The van der Waals surface area contributed by atoms with Crippen LogP contribution in [0, 0.1) is 5.82 Å². The van der Waals surface area contributed by atoms with E-state index in [0.29, 0.717) is 13.1 Å². The van der Waals surface area contributed by atoms with E-state index in [2.05, 4.69) is 16.0 Å². The number of aromatic nitrogens is 2. The number of aromatic amines is 1. The minimum atomic E-state index is -0.250. The van der Waals surface area contributed by atoms with Crippen molar-refractivity contribution in [1.29, 1.82) is 0 Å². The summed E-state index contributed by atoms with van der Waals surface area (Å²) in [4.78, 5) is 22.1. The molecule has 4 nitrogen and oxygen atoms in total. The van der Waals surface area contributed by atoms with Gasteiger partial charge < -0.3 is 9.88 Å². The van der Waals surface area contributed by atoms with Crippen LogP contribution in [0.1, 0.15) is 17.0 Å². The lowest BCUT2D eigenvalue weighted by molar-refractivity contribution is -0.125. The normalized spacial score (nSPS) is 14.8. The molecule has 0 saturated carbocycles. The molecular weight excluding hydrogens is 385 g/mol. The summed E-state index contributed by atoms with van der Waals surface area (Å²) < 4.78 is 14.5. The molecule has 1 aliphatic rings. The van der Waals surface area contributed by atoms with Crippen LogP contribution in [0.25, 0.3) is 32.8 Å². The van der Waals surface area contributed by atoms with Gasteiger partial charge >= 0.3 is 0 Å². The Balaban J connectivity index is 1.30. The van der Waals surface area contributed by atoms with E-state index < -0.39 is 0 Å². The molecule has 144 valence electrons. The molecule has 0 radical (unpaired) electrons. The van der Waals surface area contributed by atoms with E-state index in [9.17, 15) is 9.18 Å². The van der Waals surface area contributed by atoms with Crippen LogP contribution in [0.3, 0.4) is 0 Å². The first-order valence-corrected chi connectivity index (χ1v) is 10.3. The Hall–Kier alpha value is -3.25. The fourth-order valence-corrected chi connectivity index (χ4v) is 4.56. The number of carbonyl (C=O) groups excluding carboxylic acids is 1. The highest BCUT2D eigenvalue weighted by atomic mass is 32.1. The highest BCUT2D eigenvalue weighted by Gasteiger charge is 2.18. The lowest BCUT2D eigenvalue weighted by Crippen LogP contribution is -2.33. The van der Waals surface area contributed by atoms with Gasteiger partial charge in [0, 0.05) is 41.8 Å². The van der Waals surface area contributed by atoms with Gasteiger partial charge in [-0.3, -0.25) is 4.79 Å². The number of rotatable bonds is 3. The number of thiazole rings is 1. The Kier molecular flexibility index (Phi) is 4.48. The number of benzene rings is 2. The average molecular weight is 403 g/mol. The van der Waals surface area contributed by atoms with Crippen molar-refractivity contribution in [2.24, 2.45) is 0 Å². The molecule has 2 aromatic heterocycles. The SMILES string of the molecule is O=C(/C=C/c1nc2ccccc2s1)N1CC=C(c2c[nH]c3cc(F)ccc23)CC1. The summed E-state index contributed by atoms with van der Waals surface area (Å²) in [5.74, 6) is -0.263. The topological polar surface area (TPSA) is 49.0 Å². The largest absolute Gasteiger partial charge is 0.360 e. The Morgan fingerprint density at radius 2 is 2.14 bits per heavy atom. The predicted octanol–water partition coefficient (Wildman–Crippen LogP) is 5.25. The third kappa shape index (κ3) is 3.47. The lowest BCUT2D eigenvalue weighted by atomic mass is 9.99. The van der Waals surface area contributed by atoms with Crippen molar-refractivity contribution >= 4 is 50.0 Å². The fraction of sp³-hybridized carbons (Fsp3) is 0.130. The van der Waals surface area contributed by atoms with Gasteiger partial charge in [0.15, 0.2) is 0 Å². The summed E-state index contributed by atoms with van der Waals surface area (Å²) in [5, 5.41) is 1.84. The zero-order valence-corrected chi connectivity index (χ0v) is 16.4. The minimum Gasteiger partial charge on any atom is -0.360 e. The van der Waals surface area contributed by atoms with Gasteiger partial charge in [-0.15, -0.1) is 11.3 Å². The number of amides is 1. The van der Waals surface area contributed by atoms with Crippen molar-refractivity contribution in [3.63, 3.8) is 0 Å². The van der Waals surface area contributed by atoms with Crippen LogP contribution in [0.15, 0.2) is 60.8 Å². The van der Waals surface area contributed by atoms with Gasteiger partial charge in [-0.2, -0.15) is 0 Å². The summed E-state index contributed by atoms with van der Waals surface area (Å²) in [6, 6.07) is 12.7. The predicted molar refractivity (Wildman–Crippen MR) is 116 cm³/mol. The molecule has 2 aromatic carbocycles. The molecule has 5 rings (SSSR count). The first-order chi connectivity index (χ1) is 14.2. The number of hydrogen-bond donors (Lipinski definition) is 1. The van der Waals surface area contributed by atoms with Gasteiger partial charge in [-0.25, -0.2) is 9.37 Å². The van der Waals surface area contributed by atoms with Gasteiger partial charge in [0.05, 0.1) is 10.2 Å². The molecule has 1 amide bonds. The maximum atomic E-state index is 13.4. The van der Waals surface area contributed by atoms with Crippen molar-refractivity contribution in [3.8, 4) is 0 Å². The molecule has 4 aromatic rings. The van der Waals surface area contributed by atoms with Gasteiger partial charge in [0.2, 0.25) is 5.91 Å². The number of nitrogens with one attached hydrogen (secondary N) is 1. The second-order valence-corrected chi connectivity index (χ2v) is 8.07. The van der Waals surface area contributed by atoms with Crippen LogP contribution in [0.2, 0.25) is 0 Å². The molecule has 1 aliphatic heterocycles. The zero-order chi connectivity index (χ0) is 19.8. The monoisotopic (exact) mass is 403 g/mol. The first-order valence-electron chi connectivity index (χ1n) is 9.46. The number of nitrogens with zero attached hydrogens (tertiary/aromatic N) is 2. The zero-order valence-electron chi connectivity index (χ0n) is 15.6. The molecule has 0 fully saturated rings. The van der Waals surface area contributed by atoms with Gasteiger partial charge in [-0.1, -0.05) is 18.2 Å². The van der Waals surface area contributed by atoms with E-state index >= 15 is 0 Å². The number of para-hydroxylation sites is 1. The van der Waals surface area contributed by atoms with Gasteiger partial charge in [0.25, 0.3) is 0 Å². The molecule has 6 heteroatoms. The number of fused-ring (bicyclic) bond motifs is 2. The van der Waals surface area contributed by atoms with E-state index in [0.717, 1.165) is 38.1 Å². The first kappa shape index (κ1) is 17.8. The molecular formula is C23H18FN3OS. The number of halogens is 1. The van der Waals surface area contributed by atoms with Crippen LogP contribution in [-0.2, 0) is 4.79 Å². The second-order valence-electron chi connectivity index (χ2n) is 7.01. The van der Waals surface area contributed by atoms with Gasteiger partial charge in [-0.05, 0) is 48.4 Å².